The summed E-state index contributed by atoms with van der Waals surface area (Å²) in [6.45, 7) is 0. The Morgan fingerprint density at radius 3 is 2.50 bits per heavy atom. The Balaban J connectivity index is 1.57. The molecule has 3 aromatic rings. The van der Waals surface area contributed by atoms with Crippen molar-refractivity contribution in [3.63, 3.8) is 0 Å². The van der Waals surface area contributed by atoms with E-state index in [1.807, 2.05) is 0 Å². The van der Waals surface area contributed by atoms with Gasteiger partial charge in [0.1, 0.15) is 0 Å². The minimum Gasteiger partial charge on any atom is -0.444 e. The van der Waals surface area contributed by atoms with Crippen LogP contribution in [0.1, 0.15) is 16.1 Å². The maximum atomic E-state index is 12.0. The highest BCUT2D eigenvalue weighted by Crippen LogP contribution is 2.16. The summed E-state index contributed by atoms with van der Waals surface area (Å²) in [5, 5.41) is 11.8. The predicted octanol–water partition coefficient (Wildman–Crippen LogP) is 3.20. The number of hydrogen-bond acceptors (Lipinski definition) is 4. The molecule has 0 saturated heterocycles. The number of aromatic amines is 1. The van der Waals surface area contributed by atoms with Gasteiger partial charge in [-0.15, -0.1) is 0 Å². The molecule has 3 N–H and O–H groups in total. The van der Waals surface area contributed by atoms with Gasteiger partial charge in [-0.2, -0.15) is 5.10 Å². The molecule has 0 spiro atoms. The van der Waals surface area contributed by atoms with E-state index in [0.29, 0.717) is 16.0 Å². The van der Waals surface area contributed by atoms with Crippen LogP contribution >= 0.6 is 15.9 Å². The summed E-state index contributed by atoms with van der Waals surface area (Å²) in [7, 11) is 0. The van der Waals surface area contributed by atoms with Crippen LogP contribution in [0.2, 0.25) is 0 Å². The number of amides is 2. The Bertz CT molecular complexity index is 841. The average Bonchev–Trinajstić information content (AvgIpc) is 3.21. The lowest BCUT2D eigenvalue weighted by atomic mass is 10.1. The van der Waals surface area contributed by atoms with Crippen molar-refractivity contribution in [3.8, 4) is 0 Å². The number of H-pyrrole nitrogens is 1. The van der Waals surface area contributed by atoms with Crippen molar-refractivity contribution in [2.45, 2.75) is 6.42 Å². The smallest absolute Gasteiger partial charge is 0.291 e. The number of nitrogens with zero attached hydrogens (tertiary/aromatic N) is 1. The zero-order valence-corrected chi connectivity index (χ0v) is 14.0. The van der Waals surface area contributed by atoms with Crippen LogP contribution in [0.5, 0.6) is 0 Å². The first-order valence-corrected chi connectivity index (χ1v) is 7.84. The molecule has 0 aliphatic heterocycles. The molecule has 0 atom stereocenters. The highest BCUT2D eigenvalue weighted by molar-refractivity contribution is 9.10. The summed E-state index contributed by atoms with van der Waals surface area (Å²) >= 11 is 3.15. The van der Waals surface area contributed by atoms with E-state index >= 15 is 0 Å². The molecule has 24 heavy (non-hydrogen) atoms. The molecule has 0 unspecified atom stereocenters. The molecule has 8 heteroatoms. The molecule has 0 fully saturated rings. The van der Waals surface area contributed by atoms with Crippen molar-refractivity contribution in [2.75, 3.05) is 10.6 Å². The summed E-state index contributed by atoms with van der Waals surface area (Å²) in [4.78, 5) is 23.9. The van der Waals surface area contributed by atoms with E-state index in [9.17, 15) is 9.59 Å². The van der Waals surface area contributed by atoms with Gasteiger partial charge in [-0.25, -0.2) is 0 Å². The summed E-state index contributed by atoms with van der Waals surface area (Å²) in [5.41, 5.74) is 2.06. The first-order chi connectivity index (χ1) is 11.6. The molecule has 1 aromatic carbocycles. The molecular formula is C16H13BrN4O3. The Kier molecular flexibility index (Phi) is 4.76. The van der Waals surface area contributed by atoms with Crippen LogP contribution in [-0.2, 0) is 11.2 Å². The number of benzene rings is 1. The number of carbonyl (C=O) groups is 2. The van der Waals surface area contributed by atoms with Gasteiger partial charge < -0.3 is 15.1 Å². The summed E-state index contributed by atoms with van der Waals surface area (Å²) in [6.07, 6.45) is 3.36. The van der Waals surface area contributed by atoms with Crippen LogP contribution in [0, 0.1) is 0 Å². The van der Waals surface area contributed by atoms with Crippen LogP contribution in [0.15, 0.2) is 57.9 Å². The molecule has 0 aliphatic rings. The molecular weight excluding hydrogens is 376 g/mol. The second-order valence-electron chi connectivity index (χ2n) is 4.97. The van der Waals surface area contributed by atoms with Gasteiger partial charge in [0.15, 0.2) is 10.4 Å². The van der Waals surface area contributed by atoms with E-state index in [2.05, 4.69) is 36.8 Å². The lowest BCUT2D eigenvalue weighted by molar-refractivity contribution is -0.115. The van der Waals surface area contributed by atoms with Crippen LogP contribution in [0.25, 0.3) is 0 Å². The van der Waals surface area contributed by atoms with Gasteiger partial charge in [0, 0.05) is 11.9 Å². The van der Waals surface area contributed by atoms with E-state index in [4.69, 9.17) is 4.42 Å². The molecule has 2 heterocycles. The minimum atomic E-state index is -0.342. The van der Waals surface area contributed by atoms with Crippen LogP contribution in [0.4, 0.5) is 11.4 Å². The lowest BCUT2D eigenvalue weighted by Gasteiger charge is -2.06. The van der Waals surface area contributed by atoms with E-state index in [0.717, 1.165) is 5.56 Å². The maximum absolute atomic E-state index is 12.0. The van der Waals surface area contributed by atoms with Crippen molar-refractivity contribution < 1.29 is 14.0 Å². The van der Waals surface area contributed by atoms with E-state index in [1.54, 1.807) is 42.6 Å². The number of hydrogen-bond donors (Lipinski definition) is 3. The second kappa shape index (κ2) is 7.14. The van der Waals surface area contributed by atoms with E-state index < -0.39 is 0 Å². The van der Waals surface area contributed by atoms with Crippen molar-refractivity contribution >= 4 is 39.1 Å². The third-order valence-corrected chi connectivity index (χ3v) is 3.58. The summed E-state index contributed by atoms with van der Waals surface area (Å²) in [6, 6.07) is 10.3. The molecule has 7 nitrogen and oxygen atoms in total. The van der Waals surface area contributed by atoms with Gasteiger partial charge in [-0.3, -0.25) is 14.7 Å². The highest BCUT2D eigenvalue weighted by Gasteiger charge is 2.11. The zero-order chi connectivity index (χ0) is 16.9. The highest BCUT2D eigenvalue weighted by atomic mass is 79.9. The third kappa shape index (κ3) is 4.11. The number of halogens is 1. The second-order valence-corrected chi connectivity index (χ2v) is 5.75. The lowest BCUT2D eigenvalue weighted by Crippen LogP contribution is -2.14. The van der Waals surface area contributed by atoms with Gasteiger partial charge in [0.05, 0.1) is 18.3 Å². The van der Waals surface area contributed by atoms with Gasteiger partial charge in [-0.1, -0.05) is 12.1 Å². The fraction of sp³-hybridized carbons (Fsp3) is 0.0625. The van der Waals surface area contributed by atoms with Crippen molar-refractivity contribution in [3.05, 3.63) is 64.8 Å². The van der Waals surface area contributed by atoms with Gasteiger partial charge >= 0.3 is 0 Å². The molecule has 0 aliphatic carbocycles. The van der Waals surface area contributed by atoms with Crippen LogP contribution in [0.3, 0.4) is 0 Å². The third-order valence-electron chi connectivity index (χ3n) is 3.16. The molecule has 2 aromatic heterocycles. The number of furan rings is 1. The number of anilines is 2. The molecule has 0 saturated carbocycles. The van der Waals surface area contributed by atoms with E-state index in [-0.39, 0.29) is 24.0 Å². The summed E-state index contributed by atoms with van der Waals surface area (Å²) in [5.74, 6) is -0.273. The Labute approximate surface area is 145 Å². The Morgan fingerprint density at radius 1 is 1.08 bits per heavy atom. The predicted molar refractivity (Wildman–Crippen MR) is 91.7 cm³/mol. The molecule has 2 amide bonds. The van der Waals surface area contributed by atoms with Crippen molar-refractivity contribution in [2.24, 2.45) is 0 Å². The van der Waals surface area contributed by atoms with Crippen molar-refractivity contribution in [1.29, 1.82) is 0 Å². The monoisotopic (exact) mass is 388 g/mol. The largest absolute Gasteiger partial charge is 0.444 e. The Morgan fingerprint density at radius 2 is 1.88 bits per heavy atom. The number of rotatable bonds is 5. The topological polar surface area (TPSA) is 100 Å². The van der Waals surface area contributed by atoms with Crippen molar-refractivity contribution in [1.82, 2.24) is 10.2 Å². The fourth-order valence-electron chi connectivity index (χ4n) is 2.04. The standard InChI is InChI=1S/C16H13BrN4O3/c17-14-6-5-13(24-14)16(23)21-11-3-1-10(2-4-11)7-15(22)20-12-8-18-19-9-12/h1-6,8-9H,7H2,(H,18,19)(H,20,22)(H,21,23). The van der Waals surface area contributed by atoms with Crippen LogP contribution in [-0.4, -0.2) is 22.0 Å². The molecule has 0 radical (unpaired) electrons. The number of aromatic nitrogens is 2. The molecule has 3 rings (SSSR count). The first kappa shape index (κ1) is 16.0. The SMILES string of the molecule is O=C(Cc1ccc(NC(=O)c2ccc(Br)o2)cc1)Nc1cn[nH]c1. The molecule has 0 bridgehead atoms. The first-order valence-electron chi connectivity index (χ1n) is 7.04. The van der Waals surface area contributed by atoms with Gasteiger partial charge in [0.2, 0.25) is 5.91 Å². The minimum absolute atomic E-state index is 0.145. The quantitative estimate of drug-likeness (QED) is 0.624. The Hall–Kier alpha value is -2.87. The number of nitrogens with one attached hydrogen (secondary N) is 3. The van der Waals surface area contributed by atoms with Gasteiger partial charge in [0.25, 0.3) is 5.91 Å². The van der Waals surface area contributed by atoms with E-state index in [1.165, 1.54) is 6.20 Å². The van der Waals surface area contributed by atoms with Gasteiger partial charge in [-0.05, 0) is 45.8 Å². The fourth-order valence-corrected chi connectivity index (χ4v) is 2.35. The average molecular weight is 389 g/mol. The van der Waals surface area contributed by atoms with Crippen LogP contribution < -0.4 is 10.6 Å². The summed E-state index contributed by atoms with van der Waals surface area (Å²) < 4.78 is 5.68. The zero-order valence-electron chi connectivity index (χ0n) is 12.4. The molecule has 122 valence electrons. The number of carbonyl (C=O) groups excluding carboxylic acids is 2. The normalized spacial score (nSPS) is 10.4. The maximum Gasteiger partial charge on any atom is 0.291 e.